The zero-order valence-corrected chi connectivity index (χ0v) is 10.9. The number of esters is 1. The molecule has 2 aromatic heterocycles. The third-order valence-electron chi connectivity index (χ3n) is 2.10. The van der Waals surface area contributed by atoms with Crippen LogP contribution in [0, 0.1) is 0 Å². The number of ether oxygens (including phenoxy) is 1. The van der Waals surface area contributed by atoms with Crippen LogP contribution in [-0.4, -0.2) is 27.3 Å². The number of rotatable bonds is 3. The second-order valence-electron chi connectivity index (χ2n) is 3.35. The summed E-state index contributed by atoms with van der Waals surface area (Å²) < 4.78 is 6.25. The number of hydrogen-bond donors (Lipinski definition) is 0. The van der Waals surface area contributed by atoms with E-state index in [1.807, 2.05) is 0 Å². The standard InChI is InChI=1S/C11H9Cl2N3O2/c1-2-18-11(17)7-4-15-16(6-7)10-9(13)3-8(12)5-14-10/h3-6H,2H2,1H3. The Morgan fingerprint density at radius 1 is 1.44 bits per heavy atom. The van der Waals surface area contributed by atoms with Crippen molar-refractivity contribution in [2.45, 2.75) is 6.92 Å². The van der Waals surface area contributed by atoms with E-state index in [4.69, 9.17) is 27.9 Å². The van der Waals surface area contributed by atoms with Crippen LogP contribution in [0.2, 0.25) is 10.0 Å². The molecule has 2 aromatic rings. The lowest BCUT2D eigenvalue weighted by atomic mass is 10.4. The highest BCUT2D eigenvalue weighted by atomic mass is 35.5. The summed E-state index contributed by atoms with van der Waals surface area (Å²) in [6, 6.07) is 1.55. The van der Waals surface area contributed by atoms with Gasteiger partial charge in [0.25, 0.3) is 0 Å². The second kappa shape index (κ2) is 5.37. The summed E-state index contributed by atoms with van der Waals surface area (Å²) >= 11 is 11.7. The van der Waals surface area contributed by atoms with E-state index in [9.17, 15) is 4.79 Å². The fourth-order valence-electron chi connectivity index (χ4n) is 1.33. The Morgan fingerprint density at radius 3 is 2.89 bits per heavy atom. The van der Waals surface area contributed by atoms with E-state index < -0.39 is 5.97 Å². The van der Waals surface area contributed by atoms with Gasteiger partial charge in [-0.05, 0) is 13.0 Å². The Kier molecular flexibility index (Phi) is 3.84. The first-order valence-electron chi connectivity index (χ1n) is 5.15. The van der Waals surface area contributed by atoms with Crippen molar-refractivity contribution in [3.8, 4) is 5.82 Å². The third kappa shape index (κ3) is 2.63. The molecule has 0 aliphatic rings. The van der Waals surface area contributed by atoms with Gasteiger partial charge in [-0.3, -0.25) is 0 Å². The molecular weight excluding hydrogens is 277 g/mol. The highest BCUT2D eigenvalue weighted by Gasteiger charge is 2.12. The molecule has 2 rings (SSSR count). The van der Waals surface area contributed by atoms with E-state index in [0.29, 0.717) is 28.0 Å². The summed E-state index contributed by atoms with van der Waals surface area (Å²) in [5.74, 6) is -0.0366. The van der Waals surface area contributed by atoms with Crippen LogP contribution in [0.1, 0.15) is 17.3 Å². The molecule has 5 nitrogen and oxygen atoms in total. The van der Waals surface area contributed by atoms with Gasteiger partial charge < -0.3 is 4.74 Å². The van der Waals surface area contributed by atoms with E-state index in [1.54, 1.807) is 13.0 Å². The van der Waals surface area contributed by atoms with E-state index in [-0.39, 0.29) is 0 Å². The Bertz CT molecular complexity index is 583. The van der Waals surface area contributed by atoms with Crippen molar-refractivity contribution in [3.63, 3.8) is 0 Å². The normalized spacial score (nSPS) is 10.4. The van der Waals surface area contributed by atoms with Gasteiger partial charge in [0.15, 0.2) is 5.82 Å². The van der Waals surface area contributed by atoms with E-state index in [1.165, 1.54) is 23.3 Å². The van der Waals surface area contributed by atoms with E-state index in [0.717, 1.165) is 0 Å². The largest absolute Gasteiger partial charge is 0.462 e. The molecule has 0 aliphatic heterocycles. The zero-order valence-electron chi connectivity index (χ0n) is 9.43. The minimum atomic E-state index is -0.436. The van der Waals surface area contributed by atoms with Crippen molar-refractivity contribution < 1.29 is 9.53 Å². The predicted molar refractivity (Wildman–Crippen MR) is 67.3 cm³/mol. The number of nitrogens with zero attached hydrogens (tertiary/aromatic N) is 3. The zero-order chi connectivity index (χ0) is 13.1. The van der Waals surface area contributed by atoms with Crippen LogP contribution in [0.3, 0.4) is 0 Å². The molecule has 7 heteroatoms. The maximum Gasteiger partial charge on any atom is 0.341 e. The fourth-order valence-corrected chi connectivity index (χ4v) is 1.80. The van der Waals surface area contributed by atoms with Crippen LogP contribution < -0.4 is 0 Å². The maximum atomic E-state index is 11.5. The third-order valence-corrected chi connectivity index (χ3v) is 2.58. The Morgan fingerprint density at radius 2 is 2.22 bits per heavy atom. The van der Waals surface area contributed by atoms with Crippen LogP contribution in [0.15, 0.2) is 24.7 Å². The molecule has 0 aromatic carbocycles. The van der Waals surface area contributed by atoms with Crippen LogP contribution in [0.5, 0.6) is 0 Å². The molecule has 0 fully saturated rings. The summed E-state index contributed by atoms with van der Waals surface area (Å²) in [5, 5.41) is 4.79. The monoisotopic (exact) mass is 285 g/mol. The molecule has 0 atom stereocenters. The molecule has 0 unspecified atom stereocenters. The molecule has 0 amide bonds. The van der Waals surface area contributed by atoms with Crippen LogP contribution >= 0.6 is 23.2 Å². The van der Waals surface area contributed by atoms with Gasteiger partial charge in [0.05, 0.1) is 28.4 Å². The van der Waals surface area contributed by atoms with Crippen LogP contribution in [0.4, 0.5) is 0 Å². The molecule has 0 saturated heterocycles. The Balaban J connectivity index is 2.32. The van der Waals surface area contributed by atoms with Crippen LogP contribution in [0.25, 0.3) is 5.82 Å². The van der Waals surface area contributed by atoms with Crippen molar-refractivity contribution in [3.05, 3.63) is 40.3 Å². The van der Waals surface area contributed by atoms with Gasteiger partial charge in [0.1, 0.15) is 0 Å². The highest BCUT2D eigenvalue weighted by Crippen LogP contribution is 2.21. The average Bonchev–Trinajstić information content (AvgIpc) is 2.78. The van der Waals surface area contributed by atoms with E-state index in [2.05, 4.69) is 10.1 Å². The first kappa shape index (κ1) is 12.9. The predicted octanol–water partition coefficient (Wildman–Crippen LogP) is 2.75. The summed E-state index contributed by atoms with van der Waals surface area (Å²) in [7, 11) is 0. The lowest BCUT2D eigenvalue weighted by Gasteiger charge is -2.02. The quantitative estimate of drug-likeness (QED) is 0.814. The average molecular weight is 286 g/mol. The summed E-state index contributed by atoms with van der Waals surface area (Å²) in [6.07, 6.45) is 4.35. The van der Waals surface area contributed by atoms with Gasteiger partial charge in [0.2, 0.25) is 0 Å². The minimum absolute atomic E-state index is 0.309. The van der Waals surface area contributed by atoms with Gasteiger partial charge in [-0.25, -0.2) is 14.5 Å². The van der Waals surface area contributed by atoms with Gasteiger partial charge in [-0.15, -0.1) is 0 Å². The summed E-state index contributed by atoms with van der Waals surface area (Å²) in [6.45, 7) is 2.05. The molecule has 0 bridgehead atoms. The SMILES string of the molecule is CCOC(=O)c1cnn(-c2ncc(Cl)cc2Cl)c1. The smallest absolute Gasteiger partial charge is 0.341 e. The number of carbonyl (C=O) groups excluding carboxylic acids is 1. The van der Waals surface area contributed by atoms with Crippen LogP contribution in [-0.2, 0) is 4.74 Å². The first-order chi connectivity index (χ1) is 8.61. The van der Waals surface area contributed by atoms with Gasteiger partial charge in [0, 0.05) is 12.4 Å². The topological polar surface area (TPSA) is 57.0 Å². The van der Waals surface area contributed by atoms with Crippen molar-refractivity contribution >= 4 is 29.2 Å². The fraction of sp³-hybridized carbons (Fsp3) is 0.182. The van der Waals surface area contributed by atoms with Gasteiger partial charge in [-0.2, -0.15) is 5.10 Å². The first-order valence-corrected chi connectivity index (χ1v) is 5.90. The lowest BCUT2D eigenvalue weighted by Crippen LogP contribution is -2.03. The Labute approximate surface area is 113 Å². The Hall–Kier alpha value is -1.59. The molecule has 0 spiro atoms. The number of hydrogen-bond acceptors (Lipinski definition) is 4. The summed E-state index contributed by atoms with van der Waals surface area (Å²) in [5.41, 5.74) is 0.338. The van der Waals surface area contributed by atoms with Crippen molar-refractivity contribution in [1.29, 1.82) is 0 Å². The molecule has 94 valence electrons. The second-order valence-corrected chi connectivity index (χ2v) is 4.20. The molecule has 2 heterocycles. The van der Waals surface area contributed by atoms with E-state index >= 15 is 0 Å². The molecule has 0 radical (unpaired) electrons. The maximum absolute atomic E-state index is 11.5. The van der Waals surface area contributed by atoms with Crippen molar-refractivity contribution in [1.82, 2.24) is 14.8 Å². The molecular formula is C11H9Cl2N3O2. The number of carbonyl (C=O) groups is 1. The minimum Gasteiger partial charge on any atom is -0.462 e. The van der Waals surface area contributed by atoms with Crippen molar-refractivity contribution in [2.75, 3.05) is 6.61 Å². The molecule has 18 heavy (non-hydrogen) atoms. The molecule has 0 N–H and O–H groups in total. The number of aromatic nitrogens is 3. The van der Waals surface area contributed by atoms with Gasteiger partial charge in [-0.1, -0.05) is 23.2 Å². The molecule has 0 saturated carbocycles. The van der Waals surface area contributed by atoms with Gasteiger partial charge >= 0.3 is 5.97 Å². The molecule has 0 aliphatic carbocycles. The van der Waals surface area contributed by atoms with Crippen molar-refractivity contribution in [2.24, 2.45) is 0 Å². The lowest BCUT2D eigenvalue weighted by molar-refractivity contribution is 0.0526. The highest BCUT2D eigenvalue weighted by molar-refractivity contribution is 6.35. The number of halogens is 2. The number of pyridine rings is 1. The summed E-state index contributed by atoms with van der Waals surface area (Å²) in [4.78, 5) is 15.5.